The fourth-order valence-electron chi connectivity index (χ4n) is 3.38. The number of halogens is 2. The lowest BCUT2D eigenvalue weighted by atomic mass is 9.91. The van der Waals surface area contributed by atoms with Crippen LogP contribution in [0.15, 0.2) is 29.8 Å². The van der Waals surface area contributed by atoms with Gasteiger partial charge in [0, 0.05) is 11.6 Å². The third-order valence-corrected chi connectivity index (χ3v) is 4.39. The first-order chi connectivity index (χ1) is 9.61. The van der Waals surface area contributed by atoms with Crippen LogP contribution in [-0.2, 0) is 4.79 Å². The minimum absolute atomic E-state index is 0.0481. The van der Waals surface area contributed by atoms with Gasteiger partial charge in [-0.2, -0.15) is 0 Å². The maximum absolute atomic E-state index is 13.4. The molecule has 0 unspecified atom stereocenters. The predicted octanol–water partition coefficient (Wildman–Crippen LogP) is 3.74. The number of hydrogen-bond acceptors (Lipinski definition) is 1. The molecule has 20 heavy (non-hydrogen) atoms. The molecule has 0 aromatic heterocycles. The Kier molecular flexibility index (Phi) is 3.32. The van der Waals surface area contributed by atoms with Gasteiger partial charge >= 0.3 is 0 Å². The summed E-state index contributed by atoms with van der Waals surface area (Å²) >= 11 is 0. The summed E-state index contributed by atoms with van der Waals surface area (Å²) in [5.74, 6) is -1.64. The van der Waals surface area contributed by atoms with Crippen molar-refractivity contribution in [3.8, 4) is 0 Å². The van der Waals surface area contributed by atoms with Crippen LogP contribution in [0.3, 0.4) is 0 Å². The Morgan fingerprint density at radius 3 is 2.75 bits per heavy atom. The van der Waals surface area contributed by atoms with Gasteiger partial charge in [-0.1, -0.05) is 12.1 Å². The number of benzene rings is 1. The van der Waals surface area contributed by atoms with Crippen molar-refractivity contribution in [2.45, 2.75) is 44.7 Å². The zero-order chi connectivity index (χ0) is 14.3. The summed E-state index contributed by atoms with van der Waals surface area (Å²) in [6.45, 7) is 1.87. The monoisotopic (exact) mass is 277 g/mol. The lowest BCUT2D eigenvalue weighted by Crippen LogP contribution is -2.40. The van der Waals surface area contributed by atoms with E-state index in [1.165, 1.54) is 6.07 Å². The molecule has 0 radical (unpaired) electrons. The van der Waals surface area contributed by atoms with Crippen LogP contribution in [0.2, 0.25) is 0 Å². The molecule has 2 fully saturated rings. The number of allylic oxidation sites excluding steroid dienone is 1. The van der Waals surface area contributed by atoms with Crippen LogP contribution in [-0.4, -0.2) is 16.8 Å². The Morgan fingerprint density at radius 2 is 2.05 bits per heavy atom. The Labute approximate surface area is 117 Å². The second kappa shape index (κ2) is 5.00. The molecule has 1 aromatic rings. The average Bonchev–Trinajstić information content (AvgIpc) is 2.79. The number of fused-ring (bicyclic) bond motifs is 1. The Balaban J connectivity index is 1.96. The molecule has 3 rings (SSSR count). The van der Waals surface area contributed by atoms with E-state index in [1.807, 2.05) is 17.9 Å². The maximum atomic E-state index is 13.4. The van der Waals surface area contributed by atoms with Crippen LogP contribution in [0.5, 0.6) is 0 Å². The normalized spacial score (nSPS) is 28.1. The average molecular weight is 277 g/mol. The molecule has 2 nitrogen and oxygen atoms in total. The maximum Gasteiger partial charge on any atom is 0.250 e. The van der Waals surface area contributed by atoms with Crippen molar-refractivity contribution >= 4 is 5.91 Å². The van der Waals surface area contributed by atoms with Gasteiger partial charge in [0.15, 0.2) is 11.6 Å². The van der Waals surface area contributed by atoms with Crippen molar-refractivity contribution in [1.82, 2.24) is 4.90 Å². The lowest BCUT2D eigenvalue weighted by Gasteiger charge is -2.37. The molecule has 1 amide bonds. The van der Waals surface area contributed by atoms with E-state index in [-0.39, 0.29) is 18.0 Å². The minimum Gasteiger partial charge on any atom is -0.329 e. The van der Waals surface area contributed by atoms with Crippen LogP contribution in [0.1, 0.15) is 44.2 Å². The summed E-state index contributed by atoms with van der Waals surface area (Å²) in [6.07, 6.45) is 5.45. The van der Waals surface area contributed by atoms with Gasteiger partial charge < -0.3 is 4.90 Å². The summed E-state index contributed by atoms with van der Waals surface area (Å²) in [5, 5.41) is 0. The molecule has 4 heteroatoms. The fraction of sp³-hybridized carbons (Fsp3) is 0.438. The van der Waals surface area contributed by atoms with E-state index < -0.39 is 11.6 Å². The molecule has 1 aromatic carbocycles. The molecular weight excluding hydrogens is 260 g/mol. The molecule has 0 N–H and O–H groups in total. The van der Waals surface area contributed by atoms with Gasteiger partial charge in [0.2, 0.25) is 5.91 Å². The van der Waals surface area contributed by atoms with E-state index >= 15 is 0 Å². The van der Waals surface area contributed by atoms with E-state index in [1.54, 1.807) is 6.07 Å². The van der Waals surface area contributed by atoms with Gasteiger partial charge in [-0.05, 0) is 50.3 Å². The number of nitrogens with zero attached hydrogens (tertiary/aromatic N) is 1. The van der Waals surface area contributed by atoms with Crippen molar-refractivity contribution in [2.75, 3.05) is 0 Å². The quantitative estimate of drug-likeness (QED) is 0.716. The molecule has 0 aliphatic carbocycles. The largest absolute Gasteiger partial charge is 0.329 e. The Hall–Kier alpha value is -1.71. The molecule has 2 aliphatic rings. The zero-order valence-corrected chi connectivity index (χ0v) is 11.4. The molecular formula is C16H17F2NO. The van der Waals surface area contributed by atoms with E-state index in [9.17, 15) is 13.6 Å². The van der Waals surface area contributed by atoms with E-state index in [0.29, 0.717) is 5.56 Å². The number of carbonyl (C=O) groups is 1. The van der Waals surface area contributed by atoms with Crippen molar-refractivity contribution in [1.29, 1.82) is 0 Å². The number of rotatable bonds is 1. The fourth-order valence-corrected chi connectivity index (χ4v) is 3.38. The second-order valence-electron chi connectivity index (χ2n) is 5.50. The van der Waals surface area contributed by atoms with E-state index in [0.717, 1.165) is 37.3 Å². The number of amides is 1. The molecule has 0 spiro atoms. The number of carbonyl (C=O) groups excluding carboxylic acids is 1. The minimum atomic E-state index is -0.845. The molecule has 2 saturated heterocycles. The first kappa shape index (κ1) is 13.3. The summed E-state index contributed by atoms with van der Waals surface area (Å²) in [7, 11) is 0. The highest BCUT2D eigenvalue weighted by atomic mass is 19.2. The molecule has 2 aliphatic heterocycles. The van der Waals surface area contributed by atoms with Crippen molar-refractivity contribution in [2.24, 2.45) is 0 Å². The topological polar surface area (TPSA) is 20.3 Å². The van der Waals surface area contributed by atoms with Gasteiger partial charge in [0.05, 0.1) is 6.04 Å². The summed E-state index contributed by atoms with van der Waals surface area (Å²) in [6, 6.07) is 4.04. The third-order valence-electron chi connectivity index (χ3n) is 4.39. The first-order valence-corrected chi connectivity index (χ1v) is 7.04. The second-order valence-corrected chi connectivity index (χ2v) is 5.50. The highest BCUT2D eigenvalue weighted by Crippen LogP contribution is 2.41. The van der Waals surface area contributed by atoms with Crippen LogP contribution in [0.25, 0.3) is 0 Å². The SMILES string of the molecule is C/C=C1/C[C@H]2CCC[C@H](c3ccc(F)c(F)c3)N2C1=O. The Morgan fingerprint density at radius 1 is 1.25 bits per heavy atom. The van der Waals surface area contributed by atoms with Crippen LogP contribution >= 0.6 is 0 Å². The Bertz CT molecular complexity index is 582. The summed E-state index contributed by atoms with van der Waals surface area (Å²) < 4.78 is 26.5. The van der Waals surface area contributed by atoms with Crippen molar-refractivity contribution < 1.29 is 13.6 Å². The van der Waals surface area contributed by atoms with Crippen LogP contribution in [0, 0.1) is 11.6 Å². The first-order valence-electron chi connectivity index (χ1n) is 7.04. The van der Waals surface area contributed by atoms with Crippen molar-refractivity contribution in [3.63, 3.8) is 0 Å². The van der Waals surface area contributed by atoms with Crippen LogP contribution < -0.4 is 0 Å². The number of piperidine rings is 1. The highest BCUT2D eigenvalue weighted by Gasteiger charge is 2.41. The van der Waals surface area contributed by atoms with E-state index in [2.05, 4.69) is 0 Å². The smallest absolute Gasteiger partial charge is 0.250 e. The molecule has 2 atom stereocenters. The van der Waals surface area contributed by atoms with Gasteiger partial charge in [0.25, 0.3) is 0 Å². The van der Waals surface area contributed by atoms with Crippen LogP contribution in [0.4, 0.5) is 8.78 Å². The van der Waals surface area contributed by atoms with E-state index in [4.69, 9.17) is 0 Å². The van der Waals surface area contributed by atoms with Gasteiger partial charge in [-0.15, -0.1) is 0 Å². The van der Waals surface area contributed by atoms with Gasteiger partial charge in [-0.25, -0.2) is 8.78 Å². The molecule has 0 saturated carbocycles. The molecule has 2 heterocycles. The molecule has 106 valence electrons. The summed E-state index contributed by atoms with van der Waals surface area (Å²) in [4.78, 5) is 14.3. The summed E-state index contributed by atoms with van der Waals surface area (Å²) in [5.41, 5.74) is 1.53. The van der Waals surface area contributed by atoms with Gasteiger partial charge in [0.1, 0.15) is 0 Å². The number of hydrogen-bond donors (Lipinski definition) is 0. The standard InChI is InChI=1S/C16H17F2NO/c1-2-10-8-12-4-3-5-15(19(12)16(10)20)11-6-7-13(17)14(18)9-11/h2,6-7,9,12,15H,3-5,8H2,1H3/b10-2-/t12-,15-/m1/s1. The predicted molar refractivity (Wildman–Crippen MR) is 72.0 cm³/mol. The van der Waals surface area contributed by atoms with Crippen molar-refractivity contribution in [3.05, 3.63) is 47.0 Å². The molecule has 0 bridgehead atoms. The van der Waals surface area contributed by atoms with Gasteiger partial charge in [-0.3, -0.25) is 4.79 Å². The lowest BCUT2D eigenvalue weighted by molar-refractivity contribution is -0.130. The third kappa shape index (κ3) is 2.03. The zero-order valence-electron chi connectivity index (χ0n) is 11.4. The highest BCUT2D eigenvalue weighted by molar-refractivity contribution is 5.96.